The van der Waals surface area contributed by atoms with Gasteiger partial charge in [0, 0.05) is 47.5 Å². The number of carbonyl (C=O) groups is 2. The molecule has 0 radical (unpaired) electrons. The Morgan fingerprint density at radius 2 is 2.09 bits per heavy atom. The number of aryl methyl sites for hydroxylation is 1. The van der Waals surface area contributed by atoms with Crippen LogP contribution in [0.4, 0.5) is 0 Å². The number of hydrogen-bond donors (Lipinski definition) is 3. The fraction of sp³-hybridized carbons (Fsp3) is 0.478. The molecule has 1 aromatic heterocycles. The van der Waals surface area contributed by atoms with Crippen molar-refractivity contribution in [2.45, 2.75) is 37.7 Å². The SMILES string of the molecule is Cc1ccc(C(CNC(=O)c2c3c(n[nH]c2=O)CCOC3)NC(=O)CC2CSCCS2)cc1. The van der Waals surface area contributed by atoms with Crippen LogP contribution < -0.4 is 16.2 Å². The molecular weight excluding hydrogens is 460 g/mol. The van der Waals surface area contributed by atoms with Gasteiger partial charge < -0.3 is 15.4 Å². The number of H-pyrrole nitrogens is 1. The molecule has 0 spiro atoms. The minimum absolute atomic E-state index is 0.0318. The summed E-state index contributed by atoms with van der Waals surface area (Å²) in [4.78, 5) is 38.2. The van der Waals surface area contributed by atoms with Crippen LogP contribution in [-0.2, 0) is 22.6 Å². The van der Waals surface area contributed by atoms with Crippen molar-refractivity contribution in [3.05, 3.63) is 62.6 Å². The van der Waals surface area contributed by atoms with Crippen molar-refractivity contribution in [1.29, 1.82) is 0 Å². The highest BCUT2D eigenvalue weighted by Gasteiger charge is 2.25. The van der Waals surface area contributed by atoms with Crippen LogP contribution in [0.2, 0.25) is 0 Å². The van der Waals surface area contributed by atoms with Crippen LogP contribution in [0.1, 0.15) is 45.2 Å². The lowest BCUT2D eigenvalue weighted by Crippen LogP contribution is -2.41. The zero-order valence-corrected chi connectivity index (χ0v) is 20.2. The first-order valence-corrected chi connectivity index (χ1v) is 13.2. The number of nitrogens with one attached hydrogen (secondary N) is 3. The fourth-order valence-electron chi connectivity index (χ4n) is 3.92. The molecule has 1 aromatic carbocycles. The number of nitrogens with zero attached hydrogens (tertiary/aromatic N) is 1. The van der Waals surface area contributed by atoms with E-state index in [0.29, 0.717) is 36.0 Å². The summed E-state index contributed by atoms with van der Waals surface area (Å²) >= 11 is 3.72. The molecule has 33 heavy (non-hydrogen) atoms. The summed E-state index contributed by atoms with van der Waals surface area (Å²) in [6.45, 7) is 2.85. The van der Waals surface area contributed by atoms with Crippen LogP contribution in [0, 0.1) is 6.92 Å². The van der Waals surface area contributed by atoms with E-state index in [1.54, 1.807) is 0 Å². The molecule has 4 rings (SSSR count). The molecule has 0 bridgehead atoms. The lowest BCUT2D eigenvalue weighted by Gasteiger charge is -2.24. The fourth-order valence-corrected chi connectivity index (χ4v) is 6.60. The second-order valence-corrected chi connectivity index (χ2v) is 10.7. The summed E-state index contributed by atoms with van der Waals surface area (Å²) < 4.78 is 5.44. The first kappa shape index (κ1) is 23.8. The zero-order valence-electron chi connectivity index (χ0n) is 18.5. The Labute approximate surface area is 201 Å². The largest absolute Gasteiger partial charge is 0.376 e. The first-order valence-electron chi connectivity index (χ1n) is 11.0. The molecule has 0 saturated carbocycles. The maximum Gasteiger partial charge on any atom is 0.277 e. The Balaban J connectivity index is 1.47. The quantitative estimate of drug-likeness (QED) is 0.546. The molecule has 1 saturated heterocycles. The van der Waals surface area contributed by atoms with Crippen molar-refractivity contribution in [3.8, 4) is 0 Å². The Morgan fingerprint density at radius 3 is 2.85 bits per heavy atom. The van der Waals surface area contributed by atoms with Crippen LogP contribution in [0.15, 0.2) is 29.1 Å². The van der Waals surface area contributed by atoms with Crippen molar-refractivity contribution in [2.24, 2.45) is 0 Å². The lowest BCUT2D eigenvalue weighted by atomic mass is 10.0. The van der Waals surface area contributed by atoms with Crippen molar-refractivity contribution in [2.75, 3.05) is 30.4 Å². The van der Waals surface area contributed by atoms with Gasteiger partial charge in [0.2, 0.25) is 5.91 Å². The molecular formula is C23H28N4O4S2. The number of carbonyl (C=O) groups excluding carboxylic acids is 2. The molecule has 2 aliphatic heterocycles. The normalized spacial score (nSPS) is 18.8. The Kier molecular flexibility index (Phi) is 8.11. The van der Waals surface area contributed by atoms with Crippen molar-refractivity contribution in [1.82, 2.24) is 20.8 Å². The van der Waals surface area contributed by atoms with Crippen LogP contribution in [0.3, 0.4) is 0 Å². The topological polar surface area (TPSA) is 113 Å². The molecule has 0 aliphatic carbocycles. The van der Waals surface area contributed by atoms with Gasteiger partial charge in [-0.25, -0.2) is 5.10 Å². The van der Waals surface area contributed by atoms with Gasteiger partial charge in [-0.1, -0.05) is 29.8 Å². The molecule has 2 amide bonds. The molecule has 8 nitrogen and oxygen atoms in total. The molecule has 2 unspecified atom stereocenters. The second-order valence-electron chi connectivity index (χ2n) is 8.17. The number of amides is 2. The Hall–Kier alpha value is -2.30. The molecule has 2 atom stereocenters. The van der Waals surface area contributed by atoms with Gasteiger partial charge in [-0.15, -0.1) is 0 Å². The monoisotopic (exact) mass is 488 g/mol. The third-order valence-electron chi connectivity index (χ3n) is 5.71. The van der Waals surface area contributed by atoms with Crippen molar-refractivity contribution in [3.63, 3.8) is 0 Å². The third-order valence-corrected chi connectivity index (χ3v) is 8.55. The molecule has 2 aromatic rings. The average Bonchev–Trinajstić information content (AvgIpc) is 2.82. The Morgan fingerprint density at radius 1 is 1.27 bits per heavy atom. The number of thioether (sulfide) groups is 2. The molecule has 10 heteroatoms. The highest BCUT2D eigenvalue weighted by molar-refractivity contribution is 8.06. The van der Waals surface area contributed by atoms with Crippen LogP contribution in [-0.4, -0.2) is 57.7 Å². The van der Waals surface area contributed by atoms with E-state index in [9.17, 15) is 14.4 Å². The van der Waals surface area contributed by atoms with E-state index in [0.717, 1.165) is 28.4 Å². The van der Waals surface area contributed by atoms with Crippen LogP contribution >= 0.6 is 23.5 Å². The Bertz CT molecular complexity index is 1050. The highest BCUT2D eigenvalue weighted by Crippen LogP contribution is 2.26. The summed E-state index contributed by atoms with van der Waals surface area (Å²) in [6.07, 6.45) is 0.995. The number of aromatic nitrogens is 2. The minimum Gasteiger partial charge on any atom is -0.376 e. The van der Waals surface area contributed by atoms with Gasteiger partial charge in [0.1, 0.15) is 5.56 Å². The van der Waals surface area contributed by atoms with Gasteiger partial charge >= 0.3 is 0 Å². The molecule has 1 fully saturated rings. The van der Waals surface area contributed by atoms with E-state index in [4.69, 9.17) is 4.74 Å². The molecule has 176 valence electrons. The standard InChI is InChI=1S/C23H28N4O4S2/c1-14-2-4-15(5-3-14)19(25-20(28)10-16-13-32-8-9-33-16)11-24-22(29)21-17-12-31-7-6-18(17)26-27-23(21)30/h2-5,16,19H,6-13H2,1H3,(H,24,29)(H,25,28)(H,27,30). The smallest absolute Gasteiger partial charge is 0.277 e. The molecule has 2 aliphatic rings. The second kappa shape index (κ2) is 11.2. The highest BCUT2D eigenvalue weighted by atomic mass is 32.2. The van der Waals surface area contributed by atoms with Crippen LogP contribution in [0.5, 0.6) is 0 Å². The summed E-state index contributed by atoms with van der Waals surface area (Å²) in [6, 6.07) is 7.45. The average molecular weight is 489 g/mol. The van der Waals surface area contributed by atoms with Crippen molar-refractivity contribution >= 4 is 35.3 Å². The first-order chi connectivity index (χ1) is 16.0. The van der Waals surface area contributed by atoms with Gasteiger partial charge in [0.25, 0.3) is 11.5 Å². The number of rotatable bonds is 7. The number of hydrogen-bond acceptors (Lipinski definition) is 7. The van der Waals surface area contributed by atoms with E-state index in [1.165, 1.54) is 0 Å². The molecule has 3 heterocycles. The number of fused-ring (bicyclic) bond motifs is 1. The van der Waals surface area contributed by atoms with E-state index < -0.39 is 17.5 Å². The number of benzene rings is 1. The van der Waals surface area contributed by atoms with E-state index in [1.807, 2.05) is 54.7 Å². The van der Waals surface area contributed by atoms with Gasteiger partial charge in [-0.3, -0.25) is 14.4 Å². The summed E-state index contributed by atoms with van der Waals surface area (Å²) in [7, 11) is 0. The maximum atomic E-state index is 13.0. The van der Waals surface area contributed by atoms with E-state index in [-0.39, 0.29) is 24.6 Å². The van der Waals surface area contributed by atoms with Crippen molar-refractivity contribution < 1.29 is 14.3 Å². The van der Waals surface area contributed by atoms with Gasteiger partial charge in [0.15, 0.2) is 0 Å². The predicted molar refractivity (Wildman–Crippen MR) is 131 cm³/mol. The summed E-state index contributed by atoms with van der Waals surface area (Å²) in [5.41, 5.74) is 2.71. The van der Waals surface area contributed by atoms with E-state index >= 15 is 0 Å². The number of ether oxygens (including phenoxy) is 1. The predicted octanol–water partition coefficient (Wildman–Crippen LogP) is 1.98. The maximum absolute atomic E-state index is 13.0. The third kappa shape index (κ3) is 6.18. The van der Waals surface area contributed by atoms with E-state index in [2.05, 4.69) is 20.8 Å². The zero-order chi connectivity index (χ0) is 23.2. The minimum atomic E-state index is -0.542. The lowest BCUT2D eigenvalue weighted by molar-refractivity contribution is -0.121. The van der Waals surface area contributed by atoms with Gasteiger partial charge in [-0.2, -0.15) is 28.6 Å². The molecule has 3 N–H and O–H groups in total. The van der Waals surface area contributed by atoms with Crippen LogP contribution in [0.25, 0.3) is 0 Å². The van der Waals surface area contributed by atoms with Gasteiger partial charge in [-0.05, 0) is 12.5 Å². The number of aromatic amines is 1. The summed E-state index contributed by atoms with van der Waals surface area (Å²) in [5.74, 6) is 2.63. The summed E-state index contributed by atoms with van der Waals surface area (Å²) in [5, 5.41) is 12.7. The van der Waals surface area contributed by atoms with Gasteiger partial charge in [0.05, 0.1) is 24.9 Å².